The van der Waals surface area contributed by atoms with E-state index in [9.17, 15) is 22.4 Å². The zero-order valence-corrected chi connectivity index (χ0v) is 14.2. The lowest BCUT2D eigenvalue weighted by atomic mass is 10.3. The number of nitrogens with one attached hydrogen (secondary N) is 1. The highest BCUT2D eigenvalue weighted by Gasteiger charge is 2.38. The molecule has 0 bridgehead atoms. The topological polar surface area (TPSA) is 59.8 Å². The molecule has 138 valence electrons. The lowest BCUT2D eigenvalue weighted by molar-refractivity contribution is -0.147. The van der Waals surface area contributed by atoms with Gasteiger partial charge in [-0.2, -0.15) is 13.2 Å². The summed E-state index contributed by atoms with van der Waals surface area (Å²) >= 11 is 1.04. The molecule has 0 saturated carbocycles. The molecular weight excluding hydrogens is 384 g/mol. The second-order valence-corrected chi connectivity index (χ2v) is 6.72. The van der Waals surface area contributed by atoms with E-state index in [0.717, 1.165) is 15.9 Å². The van der Waals surface area contributed by atoms with Crippen molar-refractivity contribution in [1.82, 2.24) is 14.5 Å². The second kappa shape index (κ2) is 6.31. The third-order valence-electron chi connectivity index (χ3n) is 3.81. The molecule has 2 heterocycles. The van der Waals surface area contributed by atoms with Gasteiger partial charge in [0.25, 0.3) is 0 Å². The van der Waals surface area contributed by atoms with Gasteiger partial charge in [-0.1, -0.05) is 23.5 Å². The van der Waals surface area contributed by atoms with Gasteiger partial charge in [-0.15, -0.1) is 0 Å². The Labute approximate surface area is 153 Å². The number of carbonyl (C=O) groups excluding carboxylic acids is 1. The third-order valence-corrected chi connectivity index (χ3v) is 4.74. The molecule has 0 fully saturated rings. The molecule has 5 nitrogen and oxygen atoms in total. The van der Waals surface area contributed by atoms with Crippen molar-refractivity contribution >= 4 is 43.6 Å². The molecule has 0 unspecified atom stereocenters. The van der Waals surface area contributed by atoms with Crippen molar-refractivity contribution in [3.8, 4) is 0 Å². The number of para-hydroxylation sites is 2. The highest BCUT2D eigenvalue weighted by molar-refractivity contribution is 7.22. The van der Waals surface area contributed by atoms with Gasteiger partial charge in [0.1, 0.15) is 12.4 Å². The van der Waals surface area contributed by atoms with Gasteiger partial charge in [-0.3, -0.25) is 4.79 Å². The number of imidazole rings is 1. The molecule has 0 aliphatic rings. The zero-order chi connectivity index (χ0) is 19.2. The van der Waals surface area contributed by atoms with Gasteiger partial charge < -0.3 is 9.88 Å². The fourth-order valence-corrected chi connectivity index (χ4v) is 3.61. The summed E-state index contributed by atoms with van der Waals surface area (Å²) in [6, 6.07) is 10.0. The largest absolute Gasteiger partial charge is 0.449 e. The summed E-state index contributed by atoms with van der Waals surface area (Å²) in [4.78, 5) is 20.0. The molecule has 2 aromatic heterocycles. The summed E-state index contributed by atoms with van der Waals surface area (Å²) < 4.78 is 54.4. The van der Waals surface area contributed by atoms with Crippen LogP contribution >= 0.6 is 11.3 Å². The number of rotatable bonds is 3. The first-order valence-corrected chi connectivity index (χ1v) is 8.51. The summed E-state index contributed by atoms with van der Waals surface area (Å²) in [6.07, 6.45) is -4.70. The number of thiazole rings is 1. The molecule has 2 aromatic carbocycles. The van der Waals surface area contributed by atoms with Crippen LogP contribution in [0.1, 0.15) is 5.82 Å². The molecule has 10 heteroatoms. The number of hydrogen-bond donors (Lipinski definition) is 1. The predicted molar refractivity (Wildman–Crippen MR) is 92.9 cm³/mol. The smallest absolute Gasteiger partial charge is 0.311 e. The van der Waals surface area contributed by atoms with Gasteiger partial charge >= 0.3 is 6.18 Å². The number of nitrogens with zero attached hydrogens (tertiary/aromatic N) is 3. The average molecular weight is 394 g/mol. The van der Waals surface area contributed by atoms with Crippen LogP contribution < -0.4 is 5.32 Å². The first-order valence-electron chi connectivity index (χ1n) is 7.70. The van der Waals surface area contributed by atoms with Crippen LogP contribution in [-0.2, 0) is 17.5 Å². The van der Waals surface area contributed by atoms with Crippen LogP contribution in [0.15, 0.2) is 42.5 Å². The summed E-state index contributed by atoms with van der Waals surface area (Å²) in [5.41, 5.74) is 0.834. The minimum Gasteiger partial charge on any atom is -0.311 e. The van der Waals surface area contributed by atoms with Crippen LogP contribution in [0.2, 0.25) is 0 Å². The molecule has 1 N–H and O–H groups in total. The molecule has 4 aromatic rings. The number of hydrogen-bond acceptors (Lipinski definition) is 4. The average Bonchev–Trinajstić information content (AvgIpc) is 3.15. The van der Waals surface area contributed by atoms with Crippen LogP contribution in [0.3, 0.4) is 0 Å². The molecular formula is C17H10F4N4OS. The fourth-order valence-electron chi connectivity index (χ4n) is 2.71. The van der Waals surface area contributed by atoms with Crippen LogP contribution in [0, 0.1) is 5.82 Å². The Morgan fingerprint density at radius 3 is 2.67 bits per heavy atom. The monoisotopic (exact) mass is 394 g/mol. The summed E-state index contributed by atoms with van der Waals surface area (Å²) in [6.45, 7) is -0.584. The maximum Gasteiger partial charge on any atom is 0.449 e. The van der Waals surface area contributed by atoms with E-state index in [4.69, 9.17) is 0 Å². The minimum absolute atomic E-state index is 0.146. The summed E-state index contributed by atoms with van der Waals surface area (Å²) in [5, 5.41) is 2.64. The Kier molecular flexibility index (Phi) is 4.06. The first kappa shape index (κ1) is 17.4. The van der Waals surface area contributed by atoms with Crippen molar-refractivity contribution in [3.63, 3.8) is 0 Å². The van der Waals surface area contributed by atoms with E-state index in [1.54, 1.807) is 12.1 Å². The highest BCUT2D eigenvalue weighted by atomic mass is 32.1. The maximum absolute atomic E-state index is 13.3. The molecule has 0 aliphatic carbocycles. The SMILES string of the molecule is O=C(Cn1c(C(F)(F)F)nc2ccccc21)Nc1nc2ccc(F)cc2s1. The third kappa shape index (κ3) is 3.35. The molecule has 4 rings (SSSR count). The molecule has 0 aliphatic heterocycles. The van der Waals surface area contributed by atoms with E-state index in [0.29, 0.717) is 10.2 Å². The predicted octanol–water partition coefficient (Wildman–Crippen LogP) is 4.44. The van der Waals surface area contributed by atoms with Crippen LogP contribution in [0.25, 0.3) is 21.3 Å². The molecule has 0 atom stereocenters. The Hall–Kier alpha value is -3.01. The van der Waals surface area contributed by atoms with Gasteiger partial charge in [0.05, 0.1) is 21.3 Å². The summed E-state index contributed by atoms with van der Waals surface area (Å²) in [5.74, 6) is -2.28. The maximum atomic E-state index is 13.3. The van der Waals surface area contributed by atoms with E-state index in [2.05, 4.69) is 15.3 Å². The van der Waals surface area contributed by atoms with Gasteiger partial charge in [-0.25, -0.2) is 14.4 Å². The zero-order valence-electron chi connectivity index (χ0n) is 13.4. The van der Waals surface area contributed by atoms with Crippen LogP contribution in [0.5, 0.6) is 0 Å². The number of halogens is 4. The van der Waals surface area contributed by atoms with Crippen LogP contribution in [0.4, 0.5) is 22.7 Å². The van der Waals surface area contributed by atoms with E-state index in [1.807, 2.05) is 0 Å². The lowest BCUT2D eigenvalue weighted by Gasteiger charge is -2.10. The Morgan fingerprint density at radius 1 is 1.11 bits per heavy atom. The number of carbonyl (C=O) groups is 1. The van der Waals surface area contributed by atoms with E-state index < -0.39 is 30.3 Å². The Bertz CT molecular complexity index is 1160. The fraction of sp³-hybridized carbons (Fsp3) is 0.118. The Balaban J connectivity index is 1.64. The van der Waals surface area contributed by atoms with Crippen molar-refractivity contribution in [2.24, 2.45) is 0 Å². The number of aromatic nitrogens is 3. The van der Waals surface area contributed by atoms with Gasteiger partial charge in [0.15, 0.2) is 5.13 Å². The molecule has 0 saturated heterocycles. The molecule has 27 heavy (non-hydrogen) atoms. The number of amides is 1. The number of fused-ring (bicyclic) bond motifs is 2. The molecule has 0 radical (unpaired) electrons. The number of alkyl halides is 3. The van der Waals surface area contributed by atoms with Crippen molar-refractivity contribution < 1.29 is 22.4 Å². The van der Waals surface area contributed by atoms with E-state index in [-0.39, 0.29) is 16.2 Å². The lowest BCUT2D eigenvalue weighted by Crippen LogP contribution is -2.23. The first-order chi connectivity index (χ1) is 12.8. The van der Waals surface area contributed by atoms with Gasteiger partial charge in [-0.05, 0) is 30.3 Å². The van der Waals surface area contributed by atoms with E-state index in [1.165, 1.54) is 30.3 Å². The van der Waals surface area contributed by atoms with Gasteiger partial charge in [0.2, 0.25) is 11.7 Å². The normalized spacial score (nSPS) is 12.0. The second-order valence-electron chi connectivity index (χ2n) is 5.69. The highest BCUT2D eigenvalue weighted by Crippen LogP contribution is 2.32. The quantitative estimate of drug-likeness (QED) is 0.523. The van der Waals surface area contributed by atoms with Crippen molar-refractivity contribution in [2.45, 2.75) is 12.7 Å². The standard InChI is InChI=1S/C17H10F4N4OS/c18-9-5-6-11-13(7-9)27-16(23-11)24-14(26)8-25-12-4-2-1-3-10(12)22-15(25)17(19,20)21/h1-7H,8H2,(H,23,24,26). The van der Waals surface area contributed by atoms with Crippen molar-refractivity contribution in [1.29, 1.82) is 0 Å². The molecule has 0 spiro atoms. The van der Waals surface area contributed by atoms with Gasteiger partial charge in [0, 0.05) is 0 Å². The minimum atomic E-state index is -4.70. The Morgan fingerprint density at radius 2 is 1.89 bits per heavy atom. The van der Waals surface area contributed by atoms with Crippen molar-refractivity contribution in [3.05, 3.63) is 54.1 Å². The summed E-state index contributed by atoms with van der Waals surface area (Å²) in [7, 11) is 0. The number of anilines is 1. The number of benzene rings is 2. The molecule has 1 amide bonds. The van der Waals surface area contributed by atoms with E-state index >= 15 is 0 Å². The van der Waals surface area contributed by atoms with Crippen LogP contribution in [-0.4, -0.2) is 20.4 Å². The van der Waals surface area contributed by atoms with Crippen molar-refractivity contribution in [2.75, 3.05) is 5.32 Å².